The lowest BCUT2D eigenvalue weighted by molar-refractivity contribution is -0.121. The molecule has 1 amide bonds. The van der Waals surface area contributed by atoms with E-state index in [0.29, 0.717) is 32.8 Å². The van der Waals surface area contributed by atoms with Gasteiger partial charge in [-0.15, -0.1) is 0 Å². The number of aryl methyl sites for hydroxylation is 2. The second-order valence-electron chi connectivity index (χ2n) is 6.61. The van der Waals surface area contributed by atoms with Crippen LogP contribution in [0.15, 0.2) is 35.7 Å². The number of nitrogens with one attached hydrogen (secondary N) is 1. The van der Waals surface area contributed by atoms with Gasteiger partial charge in [0.05, 0.1) is 19.5 Å². The lowest BCUT2D eigenvalue weighted by Crippen LogP contribution is -2.40. The van der Waals surface area contributed by atoms with Crippen LogP contribution in [0.1, 0.15) is 16.7 Å². The minimum Gasteiger partial charge on any atom is -0.379 e. The van der Waals surface area contributed by atoms with Gasteiger partial charge in [0.2, 0.25) is 5.91 Å². The topological polar surface area (TPSA) is 93.5 Å². The molecule has 0 radical (unpaired) electrons. The third-order valence-electron chi connectivity index (χ3n) is 4.49. The van der Waals surface area contributed by atoms with Crippen molar-refractivity contribution < 1.29 is 17.9 Å². The van der Waals surface area contributed by atoms with Gasteiger partial charge in [0.15, 0.2) is 5.03 Å². The quantitative estimate of drug-likeness (QED) is 0.786. The second-order valence-corrected chi connectivity index (χ2v) is 8.49. The highest BCUT2D eigenvalue weighted by Crippen LogP contribution is 2.15. The van der Waals surface area contributed by atoms with Crippen LogP contribution >= 0.6 is 0 Å². The van der Waals surface area contributed by atoms with E-state index in [1.54, 1.807) is 0 Å². The number of hydrogen-bond donors (Lipinski definition) is 1. The van der Waals surface area contributed by atoms with Gasteiger partial charge in [-0.3, -0.25) is 4.79 Å². The lowest BCUT2D eigenvalue weighted by Gasteiger charge is -2.24. The van der Waals surface area contributed by atoms with Crippen LogP contribution in [0.5, 0.6) is 0 Å². The Kier molecular flexibility index (Phi) is 5.93. The maximum atomic E-state index is 12.6. The SMILES string of the molecule is Cc1ccc(C)c(CNC(=O)Cn2cnc(S(=O)(=O)N3CCOCC3)c2)c1. The van der Waals surface area contributed by atoms with Gasteiger partial charge < -0.3 is 14.6 Å². The van der Waals surface area contributed by atoms with E-state index in [9.17, 15) is 13.2 Å². The molecule has 2 aromatic rings. The molecule has 1 aliphatic heterocycles. The van der Waals surface area contributed by atoms with Crippen molar-refractivity contribution in [2.24, 2.45) is 0 Å². The van der Waals surface area contributed by atoms with Gasteiger partial charge in [-0.25, -0.2) is 13.4 Å². The molecule has 1 aromatic carbocycles. The van der Waals surface area contributed by atoms with Crippen molar-refractivity contribution in [2.75, 3.05) is 26.3 Å². The summed E-state index contributed by atoms with van der Waals surface area (Å²) >= 11 is 0. The first kappa shape index (κ1) is 19.5. The van der Waals surface area contributed by atoms with Crippen LogP contribution in [-0.2, 0) is 32.6 Å². The zero-order chi connectivity index (χ0) is 19.4. The van der Waals surface area contributed by atoms with Crippen molar-refractivity contribution >= 4 is 15.9 Å². The standard InChI is InChI=1S/C18H24N4O4S/c1-14-3-4-15(2)16(9-14)10-19-17(23)11-21-12-18(20-13-21)27(24,25)22-5-7-26-8-6-22/h3-4,9,12-13H,5-8,10-11H2,1-2H3,(H,19,23). The van der Waals surface area contributed by atoms with E-state index in [0.717, 1.165) is 16.7 Å². The predicted molar refractivity (Wildman–Crippen MR) is 99.6 cm³/mol. The Balaban J connectivity index is 1.60. The molecule has 27 heavy (non-hydrogen) atoms. The highest BCUT2D eigenvalue weighted by atomic mass is 32.2. The minimum absolute atomic E-state index is 0.0104. The smallest absolute Gasteiger partial charge is 0.262 e. The first-order chi connectivity index (χ1) is 12.9. The fraction of sp³-hybridized carbons (Fsp3) is 0.444. The van der Waals surface area contributed by atoms with Crippen LogP contribution in [-0.4, -0.2) is 54.5 Å². The Morgan fingerprint density at radius 3 is 2.74 bits per heavy atom. The molecule has 1 aromatic heterocycles. The molecule has 1 N–H and O–H groups in total. The number of carbonyl (C=O) groups excluding carboxylic acids is 1. The third kappa shape index (κ3) is 4.74. The van der Waals surface area contributed by atoms with Crippen LogP contribution in [0.4, 0.5) is 0 Å². The summed E-state index contributed by atoms with van der Waals surface area (Å²) in [6.07, 6.45) is 2.76. The first-order valence-corrected chi connectivity index (χ1v) is 10.2. The van der Waals surface area contributed by atoms with Gasteiger partial charge in [-0.2, -0.15) is 4.31 Å². The Morgan fingerprint density at radius 1 is 1.26 bits per heavy atom. The molecule has 1 fully saturated rings. The number of benzene rings is 1. The molecular weight excluding hydrogens is 368 g/mol. The normalized spacial score (nSPS) is 15.6. The van der Waals surface area contributed by atoms with Gasteiger partial charge in [0, 0.05) is 25.8 Å². The summed E-state index contributed by atoms with van der Waals surface area (Å²) < 4.78 is 33.1. The molecule has 3 rings (SSSR count). The zero-order valence-electron chi connectivity index (χ0n) is 15.5. The molecule has 0 aliphatic carbocycles. The Bertz CT molecular complexity index is 917. The number of hydrogen-bond acceptors (Lipinski definition) is 5. The Hall–Kier alpha value is -2.23. The molecule has 1 saturated heterocycles. The molecule has 0 spiro atoms. The number of imidazole rings is 1. The fourth-order valence-corrected chi connectivity index (χ4v) is 4.23. The summed E-state index contributed by atoms with van der Waals surface area (Å²) in [6, 6.07) is 6.10. The Labute approximate surface area is 159 Å². The van der Waals surface area contributed by atoms with Crippen LogP contribution in [0.25, 0.3) is 0 Å². The van der Waals surface area contributed by atoms with Crippen molar-refractivity contribution in [3.8, 4) is 0 Å². The van der Waals surface area contributed by atoms with Crippen molar-refractivity contribution in [3.05, 3.63) is 47.4 Å². The molecule has 9 heteroatoms. The number of carbonyl (C=O) groups is 1. The van der Waals surface area contributed by atoms with E-state index >= 15 is 0 Å². The lowest BCUT2D eigenvalue weighted by atomic mass is 10.1. The molecule has 0 atom stereocenters. The molecular formula is C18H24N4O4S. The van der Waals surface area contributed by atoms with Crippen LogP contribution in [0.3, 0.4) is 0 Å². The summed E-state index contributed by atoms with van der Waals surface area (Å²) in [6.45, 7) is 5.82. The second kappa shape index (κ2) is 8.20. The number of nitrogens with zero attached hydrogens (tertiary/aromatic N) is 3. The van der Waals surface area contributed by atoms with Crippen molar-refractivity contribution in [1.29, 1.82) is 0 Å². The first-order valence-electron chi connectivity index (χ1n) is 8.79. The molecule has 2 heterocycles. The number of amides is 1. The molecule has 0 unspecified atom stereocenters. The number of morpholine rings is 1. The van der Waals surface area contributed by atoms with Crippen molar-refractivity contribution in [1.82, 2.24) is 19.2 Å². The zero-order valence-corrected chi connectivity index (χ0v) is 16.3. The highest BCUT2D eigenvalue weighted by molar-refractivity contribution is 7.89. The fourth-order valence-electron chi connectivity index (χ4n) is 2.88. The summed E-state index contributed by atoms with van der Waals surface area (Å²) in [5.74, 6) is -0.205. The highest BCUT2D eigenvalue weighted by Gasteiger charge is 2.28. The van der Waals surface area contributed by atoms with Gasteiger partial charge in [0.1, 0.15) is 6.54 Å². The number of sulfonamides is 1. The summed E-state index contributed by atoms with van der Waals surface area (Å²) in [7, 11) is -3.65. The van der Waals surface area contributed by atoms with Crippen molar-refractivity contribution in [2.45, 2.75) is 32.0 Å². The molecule has 1 aliphatic rings. The third-order valence-corrected chi connectivity index (χ3v) is 6.28. The summed E-state index contributed by atoms with van der Waals surface area (Å²) in [4.78, 5) is 16.2. The van der Waals surface area contributed by atoms with Gasteiger partial charge in [-0.1, -0.05) is 23.8 Å². The van der Waals surface area contributed by atoms with Gasteiger partial charge in [0.25, 0.3) is 10.0 Å². The van der Waals surface area contributed by atoms with E-state index in [-0.39, 0.29) is 17.5 Å². The van der Waals surface area contributed by atoms with Crippen molar-refractivity contribution in [3.63, 3.8) is 0 Å². The van der Waals surface area contributed by atoms with E-state index in [2.05, 4.69) is 10.3 Å². The maximum Gasteiger partial charge on any atom is 0.262 e. The Morgan fingerprint density at radius 2 is 2.00 bits per heavy atom. The summed E-state index contributed by atoms with van der Waals surface area (Å²) in [5, 5.41) is 2.81. The molecule has 146 valence electrons. The number of rotatable bonds is 6. The average molecular weight is 392 g/mol. The number of aromatic nitrogens is 2. The minimum atomic E-state index is -3.65. The van der Waals surface area contributed by atoms with Crippen LogP contribution < -0.4 is 5.32 Å². The monoisotopic (exact) mass is 392 g/mol. The molecule has 0 saturated carbocycles. The van der Waals surface area contributed by atoms with Gasteiger partial charge >= 0.3 is 0 Å². The maximum absolute atomic E-state index is 12.6. The molecule has 8 nitrogen and oxygen atoms in total. The van der Waals surface area contributed by atoms with E-state index < -0.39 is 10.0 Å². The van der Waals surface area contributed by atoms with Crippen LogP contribution in [0.2, 0.25) is 0 Å². The summed E-state index contributed by atoms with van der Waals surface area (Å²) in [5.41, 5.74) is 3.31. The predicted octanol–water partition coefficient (Wildman–Crippen LogP) is 0.837. The van der Waals surface area contributed by atoms with E-state index in [1.807, 2.05) is 32.0 Å². The largest absolute Gasteiger partial charge is 0.379 e. The van der Waals surface area contributed by atoms with Gasteiger partial charge in [-0.05, 0) is 25.0 Å². The van der Waals surface area contributed by atoms with E-state index in [1.165, 1.54) is 21.4 Å². The van der Waals surface area contributed by atoms with Crippen LogP contribution in [0, 0.1) is 13.8 Å². The average Bonchev–Trinajstić information content (AvgIpc) is 3.12. The molecule has 0 bridgehead atoms. The van der Waals surface area contributed by atoms with E-state index in [4.69, 9.17) is 4.74 Å². The number of ether oxygens (including phenoxy) is 1.